The van der Waals surface area contributed by atoms with Crippen molar-refractivity contribution >= 4 is 0 Å². The number of aliphatic hydroxyl groups is 16. The van der Waals surface area contributed by atoms with Crippen LogP contribution in [0.2, 0.25) is 0 Å². The zero-order valence-electron chi connectivity index (χ0n) is 44.1. The molecule has 22 aliphatic heterocycles. The number of rotatable bonds is 8. The number of ether oxygens (including phenoxy) is 20. The summed E-state index contributed by atoms with van der Waals surface area (Å²) in [4.78, 5) is 0. The van der Waals surface area contributed by atoms with Crippen molar-refractivity contribution in [2.24, 2.45) is 0 Å². The molecule has 36 heteroatoms. The summed E-state index contributed by atoms with van der Waals surface area (Å²) >= 11 is 0. The monoisotopic (exact) mass is 1220 g/mol. The second kappa shape index (κ2) is 24.6. The van der Waals surface area contributed by atoms with E-state index in [2.05, 4.69) is 0 Å². The Morgan fingerprint density at radius 2 is 0.298 bits per heavy atom. The minimum absolute atomic E-state index is 0.676. The topological polar surface area (TPSA) is 521 Å². The van der Waals surface area contributed by atoms with Gasteiger partial charge in [0.15, 0.2) is 50.3 Å². The Kier molecular flexibility index (Phi) is 18.0. The summed E-state index contributed by atoms with van der Waals surface area (Å²) in [6.07, 6.45) is -57.5. The molecule has 0 spiro atoms. The summed E-state index contributed by atoms with van der Waals surface area (Å²) < 4.78 is 120. The molecule has 16 N–H and O–H groups in total. The van der Waals surface area contributed by atoms with E-state index in [4.69, 9.17) is 94.7 Å². The fraction of sp³-hybridized carbons (Fsp3) is 1.00. The first-order valence-electron chi connectivity index (χ1n) is 28.0. The van der Waals surface area contributed by atoms with Crippen LogP contribution in [0, 0.1) is 0 Å². The third kappa shape index (κ3) is 11.1. The van der Waals surface area contributed by atoms with E-state index in [1.165, 1.54) is 0 Å². The van der Waals surface area contributed by atoms with Crippen LogP contribution < -0.4 is 0 Å². The summed E-state index contributed by atoms with van der Waals surface area (Å²) in [5.41, 5.74) is 0. The molecule has 0 aliphatic carbocycles. The molecule has 22 aliphatic rings. The molecule has 0 amide bonds. The number of hydrogen-bond donors (Lipinski definition) is 16. The number of hydrogen-bond acceptors (Lipinski definition) is 36. The molecule has 40 atom stereocenters. The summed E-state index contributed by atoms with van der Waals surface area (Å²) in [6.45, 7) is -6.32. The van der Waals surface area contributed by atoms with Crippen molar-refractivity contribution in [2.45, 2.75) is 246 Å². The van der Waals surface area contributed by atoms with E-state index in [9.17, 15) is 81.7 Å². The van der Waals surface area contributed by atoms with Crippen LogP contribution in [0.3, 0.4) is 0 Å². The Hall–Kier alpha value is -1.44. The van der Waals surface area contributed by atoms with Gasteiger partial charge in [0.25, 0.3) is 0 Å². The van der Waals surface area contributed by atoms with Gasteiger partial charge in [-0.15, -0.1) is 0 Å². The molecule has 84 heavy (non-hydrogen) atoms. The second-order valence-corrected chi connectivity index (χ2v) is 22.8. The first-order valence-corrected chi connectivity index (χ1v) is 28.0. The fourth-order valence-electron chi connectivity index (χ4n) is 12.9. The van der Waals surface area contributed by atoms with Crippen molar-refractivity contribution in [1.29, 1.82) is 0 Å². The van der Waals surface area contributed by atoms with Crippen LogP contribution in [-0.2, 0) is 94.7 Å². The minimum Gasteiger partial charge on any atom is -0.394 e. The molecular weight excluding hydrogens is 1150 g/mol. The predicted octanol–water partition coefficient (Wildman–Crippen LogP) is -13.2. The molecule has 22 heterocycles. The molecule has 0 unspecified atom stereocenters. The molecule has 0 aromatic rings. The van der Waals surface area contributed by atoms with E-state index in [0.717, 1.165) is 0 Å². The highest BCUT2D eigenvalue weighted by molar-refractivity contribution is 5.10. The zero-order chi connectivity index (χ0) is 58.9. The lowest BCUT2D eigenvalue weighted by atomic mass is 9.95. The van der Waals surface area contributed by atoms with Crippen LogP contribution in [0.1, 0.15) is 0 Å². The zero-order valence-corrected chi connectivity index (χ0v) is 44.1. The normalized spacial score (nSPS) is 58.9. The average Bonchev–Trinajstić information content (AvgIpc) is 4.09. The first-order chi connectivity index (χ1) is 40.5. The maximum atomic E-state index is 11.5. The molecule has 22 fully saturated rings. The average molecular weight is 1230 g/mol. The molecule has 22 saturated heterocycles. The van der Waals surface area contributed by atoms with Gasteiger partial charge >= 0.3 is 0 Å². The summed E-state index contributed by atoms with van der Waals surface area (Å²) in [6, 6.07) is 0. The predicted molar refractivity (Wildman–Crippen MR) is 248 cm³/mol. The van der Waals surface area contributed by atoms with Gasteiger partial charge in [-0.25, -0.2) is 0 Å². The smallest absolute Gasteiger partial charge is 0.187 e. The molecule has 22 rings (SSSR count). The largest absolute Gasteiger partial charge is 0.394 e. The Morgan fingerprint density at radius 1 is 0.143 bits per heavy atom. The van der Waals surface area contributed by atoms with Crippen LogP contribution in [0.4, 0.5) is 0 Å². The van der Waals surface area contributed by atoms with Crippen LogP contribution >= 0.6 is 0 Å². The summed E-state index contributed by atoms with van der Waals surface area (Å²) in [5, 5.41) is 175. The lowest BCUT2D eigenvalue weighted by molar-refractivity contribution is -0.387. The van der Waals surface area contributed by atoms with E-state index in [0.29, 0.717) is 0 Å². The van der Waals surface area contributed by atoms with Gasteiger partial charge in [-0.1, -0.05) is 0 Å². The molecular formula is C48H72O36. The van der Waals surface area contributed by atoms with Crippen LogP contribution in [0.25, 0.3) is 0 Å². The standard InChI is InChI=1S/C48H72O36/c49-1-9-25-17(57)21(61)41(65-9)78-26-10(2-50)67-43(23(63)18(26)58)81-29-13(5-53)71-47(39-33(29)73-39)84-32-16(8-56)70-46(38-36(32)76-38)80-28-12(4-52)68-44(24(64)20(28)60)82-30-14(6-54)72-48(40-34(30)74-40)83-31-15(7-55)69-45(37-35(31)75-37)79-27-11(3-51)66-42(77-25)22(62)19(27)59/h9-64H,1-8H2/t9-,10-,11-,12-,13-,14-,15-,16-,17-,18-,19-,20-,21-,22-,23-,24-,25-,26-,27-,28-,29-,30-,31-,32-,33+,34+,35+,36+,37+,38+,39+,40+,41-,42-,43-,44-,45-,46-,47-,48-/m1/s1. The highest BCUT2D eigenvalue weighted by Gasteiger charge is 2.68. The summed E-state index contributed by atoms with van der Waals surface area (Å²) in [7, 11) is 0. The van der Waals surface area contributed by atoms with Crippen LogP contribution in [0.5, 0.6) is 0 Å². The van der Waals surface area contributed by atoms with Crippen molar-refractivity contribution in [1.82, 2.24) is 0 Å². The lowest BCUT2D eigenvalue weighted by Crippen LogP contribution is -2.67. The maximum absolute atomic E-state index is 11.5. The van der Waals surface area contributed by atoms with Gasteiger partial charge in [-0.2, -0.15) is 0 Å². The third-order valence-electron chi connectivity index (χ3n) is 17.6. The number of aliphatic hydroxyl groups excluding tert-OH is 16. The maximum Gasteiger partial charge on any atom is 0.187 e. The molecule has 0 aromatic heterocycles. The minimum atomic E-state index is -2.10. The van der Waals surface area contributed by atoms with Gasteiger partial charge in [-0.3, -0.25) is 0 Å². The fourth-order valence-corrected chi connectivity index (χ4v) is 12.9. The molecule has 0 aromatic carbocycles. The van der Waals surface area contributed by atoms with Gasteiger partial charge in [-0.05, 0) is 0 Å². The Labute approximate surface area is 474 Å². The van der Waals surface area contributed by atoms with Crippen molar-refractivity contribution in [3.8, 4) is 0 Å². The second-order valence-electron chi connectivity index (χ2n) is 22.8. The molecule has 480 valence electrons. The van der Waals surface area contributed by atoms with Gasteiger partial charge in [0.05, 0.1) is 52.9 Å². The molecule has 0 radical (unpaired) electrons. The summed E-state index contributed by atoms with van der Waals surface area (Å²) in [5.74, 6) is 0. The van der Waals surface area contributed by atoms with Gasteiger partial charge in [0.2, 0.25) is 0 Å². The van der Waals surface area contributed by atoms with Crippen LogP contribution in [0.15, 0.2) is 0 Å². The van der Waals surface area contributed by atoms with E-state index < -0.39 is 299 Å². The van der Waals surface area contributed by atoms with E-state index in [-0.39, 0.29) is 0 Å². The third-order valence-corrected chi connectivity index (χ3v) is 17.6. The Morgan fingerprint density at radius 3 is 0.500 bits per heavy atom. The highest BCUT2D eigenvalue weighted by atomic mass is 16.8. The van der Waals surface area contributed by atoms with Crippen molar-refractivity contribution in [3.63, 3.8) is 0 Å². The Bertz CT molecular complexity index is 2210. The van der Waals surface area contributed by atoms with E-state index in [1.807, 2.05) is 0 Å². The highest BCUT2D eigenvalue weighted by Crippen LogP contribution is 2.49. The van der Waals surface area contributed by atoms with Gasteiger partial charge in [0, 0.05) is 0 Å². The Balaban J connectivity index is 0.735. The van der Waals surface area contributed by atoms with Crippen molar-refractivity contribution < 1.29 is 176 Å². The van der Waals surface area contributed by atoms with Crippen molar-refractivity contribution in [2.75, 3.05) is 52.9 Å². The molecule has 36 nitrogen and oxygen atoms in total. The van der Waals surface area contributed by atoms with E-state index in [1.54, 1.807) is 0 Å². The first kappa shape index (κ1) is 61.4. The molecule has 16 bridgehead atoms. The SMILES string of the molecule is OC[C@H]1O[C@@H]2O[C@H]3[C@H](O)[C@@H](O)[C@@H](O[C@H]4[C@@H]5O[C@@H]5[C@@H](O[C@H]5[C@@H]6O[C@@H]6[C@@H](O[C@H]6[C@H](O)[C@@H](O)[C@@H](O[C@H]7[C@@H]8O[C@@H]8[C@@H](O[C@H]8[C@@H]9O[C@@H]9[C@@H](O[C@H]9[C@H](O)[C@@H](O)[C@@H](O[C@H]1[C@H](O)[C@H]2O)O[C@@H]9CO)O[C@@H]8CO)O[C@@H]7CO)O[C@@H]6CO)O[C@@H]5CO)O[C@@H]4CO)O[C@@H]3CO. The van der Waals surface area contributed by atoms with Crippen LogP contribution in [-0.4, -0.2) is 380 Å². The lowest BCUT2D eigenvalue weighted by Gasteiger charge is -2.49. The van der Waals surface area contributed by atoms with Gasteiger partial charge < -0.3 is 176 Å². The molecule has 0 saturated carbocycles. The van der Waals surface area contributed by atoms with Crippen molar-refractivity contribution in [3.05, 3.63) is 0 Å². The van der Waals surface area contributed by atoms with E-state index >= 15 is 0 Å². The quantitative estimate of drug-likeness (QED) is 0.100. The van der Waals surface area contributed by atoms with Gasteiger partial charge in [0.1, 0.15) is 195 Å². The number of epoxide rings is 4.